The van der Waals surface area contributed by atoms with Crippen molar-refractivity contribution < 1.29 is 19.1 Å². The standard InChI is InChI=1S/C16H17NO4/c1-21-16(20)13-8-17(9-14(13)18)15(19)12-6-5-10-3-2-4-11(10)7-12/h5-7,13H,2-4,8-9H2,1H3. The molecule has 0 saturated carbocycles. The monoisotopic (exact) mass is 287 g/mol. The molecule has 1 heterocycles. The Balaban J connectivity index is 1.77. The number of hydrogen-bond donors (Lipinski definition) is 0. The van der Waals surface area contributed by atoms with Crippen LogP contribution in [-0.2, 0) is 27.2 Å². The van der Waals surface area contributed by atoms with Crippen molar-refractivity contribution in [1.29, 1.82) is 0 Å². The van der Waals surface area contributed by atoms with Crippen LogP contribution in [0.5, 0.6) is 0 Å². The number of Topliss-reactive ketones (excluding diaryl/α,β-unsaturated/α-hetero) is 1. The fourth-order valence-electron chi connectivity index (χ4n) is 3.08. The van der Waals surface area contributed by atoms with E-state index < -0.39 is 11.9 Å². The van der Waals surface area contributed by atoms with E-state index in [1.807, 2.05) is 18.2 Å². The molecule has 1 atom stereocenters. The molecular formula is C16H17NO4. The van der Waals surface area contributed by atoms with Gasteiger partial charge in [-0.25, -0.2) is 0 Å². The highest BCUT2D eigenvalue weighted by atomic mass is 16.5. The van der Waals surface area contributed by atoms with Crippen LogP contribution >= 0.6 is 0 Å². The molecule has 0 N–H and O–H groups in total. The normalized spacial score (nSPS) is 20.5. The van der Waals surface area contributed by atoms with Gasteiger partial charge in [0, 0.05) is 12.1 Å². The number of ketones is 1. The van der Waals surface area contributed by atoms with E-state index in [9.17, 15) is 14.4 Å². The summed E-state index contributed by atoms with van der Waals surface area (Å²) in [4.78, 5) is 37.2. The van der Waals surface area contributed by atoms with Gasteiger partial charge in [0.1, 0.15) is 5.92 Å². The third-order valence-corrected chi connectivity index (χ3v) is 4.26. The van der Waals surface area contributed by atoms with Gasteiger partial charge >= 0.3 is 5.97 Å². The van der Waals surface area contributed by atoms with Gasteiger partial charge < -0.3 is 9.64 Å². The number of ether oxygens (including phenoxy) is 1. The van der Waals surface area contributed by atoms with E-state index in [0.717, 1.165) is 19.3 Å². The van der Waals surface area contributed by atoms with Crippen molar-refractivity contribution >= 4 is 17.7 Å². The van der Waals surface area contributed by atoms with Crippen molar-refractivity contribution in [2.45, 2.75) is 19.3 Å². The Hall–Kier alpha value is -2.17. The summed E-state index contributed by atoms with van der Waals surface area (Å²) in [6, 6.07) is 5.72. The molecule has 0 aromatic heterocycles. The lowest BCUT2D eigenvalue weighted by atomic mass is 10.1. The molecule has 0 spiro atoms. The first kappa shape index (κ1) is 13.8. The van der Waals surface area contributed by atoms with Crippen LogP contribution in [-0.4, -0.2) is 42.8 Å². The lowest BCUT2D eigenvalue weighted by molar-refractivity contribution is -0.147. The van der Waals surface area contributed by atoms with Gasteiger partial charge in [0.2, 0.25) is 0 Å². The van der Waals surface area contributed by atoms with Crippen LogP contribution < -0.4 is 0 Å². The molecule has 1 unspecified atom stereocenters. The number of esters is 1. The van der Waals surface area contributed by atoms with Gasteiger partial charge in [0.15, 0.2) is 5.78 Å². The van der Waals surface area contributed by atoms with Crippen molar-refractivity contribution in [1.82, 2.24) is 4.90 Å². The molecule has 110 valence electrons. The number of carbonyl (C=O) groups is 3. The van der Waals surface area contributed by atoms with E-state index >= 15 is 0 Å². The third-order valence-electron chi connectivity index (χ3n) is 4.26. The van der Waals surface area contributed by atoms with E-state index in [4.69, 9.17) is 0 Å². The zero-order valence-electron chi connectivity index (χ0n) is 11.9. The Morgan fingerprint density at radius 3 is 2.76 bits per heavy atom. The highest BCUT2D eigenvalue weighted by Crippen LogP contribution is 2.24. The number of rotatable bonds is 2. The summed E-state index contributed by atoms with van der Waals surface area (Å²) < 4.78 is 4.60. The van der Waals surface area contributed by atoms with E-state index in [2.05, 4.69) is 4.74 Å². The molecule has 1 saturated heterocycles. The largest absolute Gasteiger partial charge is 0.468 e. The van der Waals surface area contributed by atoms with Crippen LogP contribution in [0, 0.1) is 5.92 Å². The van der Waals surface area contributed by atoms with Crippen LogP contribution in [0.25, 0.3) is 0 Å². The number of hydrogen-bond acceptors (Lipinski definition) is 4. The predicted molar refractivity (Wildman–Crippen MR) is 74.9 cm³/mol. The second-order valence-corrected chi connectivity index (χ2v) is 5.56. The van der Waals surface area contributed by atoms with E-state index in [-0.39, 0.29) is 24.8 Å². The third kappa shape index (κ3) is 2.44. The molecule has 1 fully saturated rings. The van der Waals surface area contributed by atoms with Crippen molar-refractivity contribution in [2.75, 3.05) is 20.2 Å². The fraction of sp³-hybridized carbons (Fsp3) is 0.438. The SMILES string of the molecule is COC(=O)C1CN(C(=O)c2ccc3c(c2)CCC3)CC1=O. The van der Waals surface area contributed by atoms with Crippen molar-refractivity contribution in [3.63, 3.8) is 0 Å². The Labute approximate surface area is 122 Å². The molecule has 2 aliphatic rings. The van der Waals surface area contributed by atoms with Gasteiger partial charge in [-0.15, -0.1) is 0 Å². The molecule has 1 aliphatic carbocycles. The van der Waals surface area contributed by atoms with Crippen LogP contribution in [0.3, 0.4) is 0 Å². The quantitative estimate of drug-likeness (QED) is 0.601. The fourth-order valence-corrected chi connectivity index (χ4v) is 3.08. The minimum Gasteiger partial charge on any atom is -0.468 e. The van der Waals surface area contributed by atoms with Crippen molar-refractivity contribution in [2.24, 2.45) is 5.92 Å². The number of amides is 1. The summed E-state index contributed by atoms with van der Waals surface area (Å²) in [6.45, 7) is 0.0944. The molecule has 3 rings (SSSR count). The maximum Gasteiger partial charge on any atom is 0.318 e. The average Bonchev–Trinajstić information content (AvgIpc) is 3.11. The van der Waals surface area contributed by atoms with Gasteiger partial charge in [-0.2, -0.15) is 0 Å². The number of likely N-dealkylation sites (tertiary alicyclic amines) is 1. The first-order valence-electron chi connectivity index (χ1n) is 7.12. The first-order valence-corrected chi connectivity index (χ1v) is 7.12. The maximum atomic E-state index is 12.5. The summed E-state index contributed by atoms with van der Waals surface area (Å²) in [5.41, 5.74) is 3.11. The lowest BCUT2D eigenvalue weighted by Crippen LogP contribution is -2.30. The first-order chi connectivity index (χ1) is 10.1. The molecule has 1 aromatic carbocycles. The zero-order chi connectivity index (χ0) is 15.0. The van der Waals surface area contributed by atoms with Gasteiger partial charge in [0.25, 0.3) is 5.91 Å². The molecule has 1 amide bonds. The average molecular weight is 287 g/mol. The summed E-state index contributed by atoms with van der Waals surface area (Å²) in [5.74, 6) is -1.85. The van der Waals surface area contributed by atoms with Gasteiger partial charge in [-0.1, -0.05) is 6.07 Å². The molecule has 5 nitrogen and oxygen atoms in total. The minimum atomic E-state index is -0.839. The predicted octanol–water partition coefficient (Wildman–Crippen LogP) is 0.989. The Bertz CT molecular complexity index is 623. The van der Waals surface area contributed by atoms with Gasteiger partial charge in [-0.3, -0.25) is 14.4 Å². The number of benzene rings is 1. The van der Waals surface area contributed by atoms with E-state index in [0.29, 0.717) is 5.56 Å². The highest BCUT2D eigenvalue weighted by Gasteiger charge is 2.39. The van der Waals surface area contributed by atoms with Crippen molar-refractivity contribution in [3.05, 3.63) is 34.9 Å². The number of methoxy groups -OCH3 is 1. The summed E-state index contributed by atoms with van der Waals surface area (Å²) in [6.07, 6.45) is 3.19. The van der Waals surface area contributed by atoms with E-state index in [1.165, 1.54) is 23.1 Å². The second kappa shape index (κ2) is 5.31. The molecule has 5 heteroatoms. The number of nitrogens with zero attached hydrogens (tertiary/aromatic N) is 1. The molecule has 21 heavy (non-hydrogen) atoms. The van der Waals surface area contributed by atoms with Crippen LogP contribution in [0.1, 0.15) is 27.9 Å². The summed E-state index contributed by atoms with van der Waals surface area (Å²) in [5, 5.41) is 0. The second-order valence-electron chi connectivity index (χ2n) is 5.56. The van der Waals surface area contributed by atoms with E-state index in [1.54, 1.807) is 0 Å². The van der Waals surface area contributed by atoms with Crippen LogP contribution in [0.15, 0.2) is 18.2 Å². The highest BCUT2D eigenvalue weighted by molar-refractivity contribution is 6.06. The number of fused-ring (bicyclic) bond motifs is 1. The summed E-state index contributed by atoms with van der Waals surface area (Å²) >= 11 is 0. The smallest absolute Gasteiger partial charge is 0.318 e. The Morgan fingerprint density at radius 1 is 1.24 bits per heavy atom. The topological polar surface area (TPSA) is 63.7 Å². The zero-order valence-corrected chi connectivity index (χ0v) is 11.9. The number of aryl methyl sites for hydroxylation is 2. The summed E-state index contributed by atoms with van der Waals surface area (Å²) in [7, 11) is 1.25. The Morgan fingerprint density at radius 2 is 2.00 bits per heavy atom. The minimum absolute atomic E-state index is 0.0182. The van der Waals surface area contributed by atoms with Crippen LogP contribution in [0.4, 0.5) is 0 Å². The molecular weight excluding hydrogens is 270 g/mol. The van der Waals surface area contributed by atoms with Crippen LogP contribution in [0.2, 0.25) is 0 Å². The molecule has 0 radical (unpaired) electrons. The maximum absolute atomic E-state index is 12.5. The number of carbonyl (C=O) groups excluding carboxylic acids is 3. The van der Waals surface area contributed by atoms with Crippen molar-refractivity contribution in [3.8, 4) is 0 Å². The van der Waals surface area contributed by atoms with Gasteiger partial charge in [0.05, 0.1) is 13.7 Å². The molecule has 0 bridgehead atoms. The van der Waals surface area contributed by atoms with Gasteiger partial charge in [-0.05, 0) is 42.5 Å². The lowest BCUT2D eigenvalue weighted by Gasteiger charge is -2.15. The molecule has 1 aliphatic heterocycles. The molecule has 1 aromatic rings. The Kier molecular flexibility index (Phi) is 3.49.